The van der Waals surface area contributed by atoms with Crippen LogP contribution in [-0.2, 0) is 14.3 Å². The molecular formula is C19H23N3O4S. The van der Waals surface area contributed by atoms with Crippen molar-refractivity contribution in [1.29, 1.82) is 0 Å². The highest BCUT2D eigenvalue weighted by molar-refractivity contribution is 7.21. The highest BCUT2D eigenvalue weighted by atomic mass is 32.1. The molecule has 1 aliphatic heterocycles. The lowest BCUT2D eigenvalue weighted by atomic mass is 10.0. The molecule has 0 saturated carbocycles. The number of carbonyl (C=O) groups is 3. The number of benzene rings is 1. The molecule has 1 saturated heterocycles. The van der Waals surface area contributed by atoms with Crippen molar-refractivity contribution in [2.45, 2.75) is 13.0 Å². The van der Waals surface area contributed by atoms with Gasteiger partial charge in [-0.25, -0.2) is 0 Å². The molecule has 0 spiro atoms. The van der Waals surface area contributed by atoms with E-state index in [1.165, 1.54) is 18.3 Å². The highest BCUT2D eigenvalue weighted by Crippen LogP contribution is 2.38. The van der Waals surface area contributed by atoms with Crippen LogP contribution < -0.4 is 5.32 Å². The molecule has 1 aromatic heterocycles. The molecule has 0 bridgehead atoms. The minimum atomic E-state index is -0.380. The number of carbonyl (C=O) groups excluding carboxylic acids is 3. The molecule has 27 heavy (non-hydrogen) atoms. The quantitative estimate of drug-likeness (QED) is 0.862. The Morgan fingerprint density at radius 1 is 1.30 bits per heavy atom. The van der Waals surface area contributed by atoms with Crippen LogP contribution in [0.3, 0.4) is 0 Å². The molecule has 2 aromatic rings. The second kappa shape index (κ2) is 8.06. The van der Waals surface area contributed by atoms with Crippen LogP contribution in [0.1, 0.15) is 28.3 Å². The Kier molecular flexibility index (Phi) is 5.76. The molecule has 0 radical (unpaired) electrons. The molecule has 1 N–H and O–H groups in total. The van der Waals surface area contributed by atoms with Crippen LogP contribution in [-0.4, -0.2) is 67.9 Å². The molecule has 2 heterocycles. The minimum absolute atomic E-state index is 0.0318. The van der Waals surface area contributed by atoms with Gasteiger partial charge in [-0.2, -0.15) is 0 Å². The van der Waals surface area contributed by atoms with E-state index in [2.05, 4.69) is 5.32 Å². The van der Waals surface area contributed by atoms with Gasteiger partial charge in [-0.1, -0.05) is 18.2 Å². The summed E-state index contributed by atoms with van der Waals surface area (Å²) in [5.41, 5.74) is 0.839. The van der Waals surface area contributed by atoms with Crippen molar-refractivity contribution >= 4 is 39.1 Å². The van der Waals surface area contributed by atoms with Crippen LogP contribution in [0.2, 0.25) is 0 Å². The Hall–Kier alpha value is -2.45. The molecule has 0 aliphatic carbocycles. The summed E-state index contributed by atoms with van der Waals surface area (Å²) >= 11 is 1.45. The first-order chi connectivity index (χ1) is 12.9. The third-order valence-corrected chi connectivity index (χ3v) is 5.64. The SMILES string of the molecule is CC(=O)NCC(=O)N1CCO[C@H](c2c(C(=O)N(C)C)sc3ccccc23)C1. The van der Waals surface area contributed by atoms with Gasteiger partial charge in [0.1, 0.15) is 6.10 Å². The Morgan fingerprint density at radius 3 is 2.74 bits per heavy atom. The standard InChI is InChI=1S/C19H23N3O4S/c1-12(23)20-10-16(24)22-8-9-26-14(11-22)17-13-6-4-5-7-15(13)27-18(17)19(25)21(2)3/h4-7,14H,8-11H2,1-3H3,(H,20,23)/t14-/m0/s1. The summed E-state index contributed by atoms with van der Waals surface area (Å²) in [5.74, 6) is -0.467. The van der Waals surface area contributed by atoms with Crippen LogP contribution in [0, 0.1) is 0 Å². The minimum Gasteiger partial charge on any atom is -0.370 e. The van der Waals surface area contributed by atoms with Crippen molar-refractivity contribution in [2.24, 2.45) is 0 Å². The van der Waals surface area contributed by atoms with Crippen LogP contribution in [0.25, 0.3) is 10.1 Å². The van der Waals surface area contributed by atoms with Gasteiger partial charge in [0.25, 0.3) is 5.91 Å². The fourth-order valence-electron chi connectivity index (χ4n) is 3.11. The van der Waals surface area contributed by atoms with Crippen LogP contribution in [0.5, 0.6) is 0 Å². The molecule has 1 atom stereocenters. The number of hydrogen-bond acceptors (Lipinski definition) is 5. The van der Waals surface area contributed by atoms with Gasteiger partial charge in [0.2, 0.25) is 11.8 Å². The van der Waals surface area contributed by atoms with E-state index in [1.807, 2.05) is 24.3 Å². The lowest BCUT2D eigenvalue weighted by molar-refractivity contribution is -0.139. The maximum absolute atomic E-state index is 12.7. The van der Waals surface area contributed by atoms with E-state index in [9.17, 15) is 14.4 Å². The largest absolute Gasteiger partial charge is 0.370 e. The third kappa shape index (κ3) is 4.12. The van der Waals surface area contributed by atoms with Crippen molar-refractivity contribution in [3.63, 3.8) is 0 Å². The normalized spacial score (nSPS) is 17.0. The first kappa shape index (κ1) is 19.3. The number of fused-ring (bicyclic) bond motifs is 1. The Morgan fingerprint density at radius 2 is 2.04 bits per heavy atom. The average molecular weight is 389 g/mol. The number of rotatable bonds is 4. The molecule has 3 rings (SSSR count). The topological polar surface area (TPSA) is 79.0 Å². The number of hydrogen-bond donors (Lipinski definition) is 1. The average Bonchev–Trinajstić information content (AvgIpc) is 3.04. The van der Waals surface area contributed by atoms with Gasteiger partial charge in [-0.15, -0.1) is 11.3 Å². The zero-order chi connectivity index (χ0) is 19.6. The summed E-state index contributed by atoms with van der Waals surface area (Å²) in [7, 11) is 3.45. The third-order valence-electron chi connectivity index (χ3n) is 4.46. The van der Waals surface area contributed by atoms with E-state index in [0.29, 0.717) is 24.6 Å². The second-order valence-electron chi connectivity index (χ2n) is 6.65. The Bertz CT molecular complexity index is 877. The molecule has 7 nitrogen and oxygen atoms in total. The van der Waals surface area contributed by atoms with E-state index in [4.69, 9.17) is 4.74 Å². The Labute approximate surface area is 161 Å². The van der Waals surface area contributed by atoms with Gasteiger partial charge in [0, 0.05) is 37.8 Å². The smallest absolute Gasteiger partial charge is 0.263 e. The fourth-order valence-corrected chi connectivity index (χ4v) is 4.39. The summed E-state index contributed by atoms with van der Waals surface area (Å²) in [6.07, 6.45) is -0.380. The predicted molar refractivity (Wildman–Crippen MR) is 104 cm³/mol. The molecule has 3 amide bonds. The summed E-state index contributed by atoms with van der Waals surface area (Å²) in [6, 6.07) is 7.84. The fraction of sp³-hybridized carbons (Fsp3) is 0.421. The lowest BCUT2D eigenvalue weighted by Crippen LogP contribution is -2.46. The van der Waals surface area contributed by atoms with E-state index < -0.39 is 0 Å². The van der Waals surface area contributed by atoms with Gasteiger partial charge >= 0.3 is 0 Å². The monoisotopic (exact) mass is 389 g/mol. The van der Waals surface area contributed by atoms with Gasteiger partial charge < -0.3 is 19.9 Å². The van der Waals surface area contributed by atoms with Crippen LogP contribution in [0.4, 0.5) is 0 Å². The van der Waals surface area contributed by atoms with E-state index >= 15 is 0 Å². The second-order valence-corrected chi connectivity index (χ2v) is 7.70. The van der Waals surface area contributed by atoms with E-state index in [-0.39, 0.29) is 30.4 Å². The zero-order valence-electron chi connectivity index (χ0n) is 15.7. The molecule has 1 fully saturated rings. The summed E-state index contributed by atoms with van der Waals surface area (Å²) in [5, 5.41) is 3.52. The van der Waals surface area contributed by atoms with Crippen molar-refractivity contribution in [3.05, 3.63) is 34.7 Å². The van der Waals surface area contributed by atoms with Crippen molar-refractivity contribution < 1.29 is 19.1 Å². The van der Waals surface area contributed by atoms with Gasteiger partial charge in [0.15, 0.2) is 0 Å². The van der Waals surface area contributed by atoms with E-state index in [1.54, 1.807) is 23.9 Å². The van der Waals surface area contributed by atoms with Crippen molar-refractivity contribution in [2.75, 3.05) is 40.3 Å². The lowest BCUT2D eigenvalue weighted by Gasteiger charge is -2.33. The summed E-state index contributed by atoms with van der Waals surface area (Å²) < 4.78 is 6.98. The number of nitrogens with one attached hydrogen (secondary N) is 1. The summed E-state index contributed by atoms with van der Waals surface area (Å²) in [4.78, 5) is 40.1. The first-order valence-corrected chi connectivity index (χ1v) is 9.57. The molecule has 0 unspecified atom stereocenters. The number of ether oxygens (including phenoxy) is 1. The van der Waals surface area contributed by atoms with Crippen molar-refractivity contribution in [1.82, 2.24) is 15.1 Å². The number of thiophene rings is 1. The van der Waals surface area contributed by atoms with Gasteiger partial charge in [0.05, 0.1) is 24.6 Å². The number of amides is 3. The maximum atomic E-state index is 12.7. The molecule has 8 heteroatoms. The molecular weight excluding hydrogens is 366 g/mol. The first-order valence-electron chi connectivity index (χ1n) is 8.75. The van der Waals surface area contributed by atoms with Gasteiger partial charge in [-0.05, 0) is 11.5 Å². The predicted octanol–water partition coefficient (Wildman–Crippen LogP) is 1.64. The number of morpholine rings is 1. The van der Waals surface area contributed by atoms with Crippen LogP contribution >= 0.6 is 11.3 Å². The Balaban J connectivity index is 1.91. The molecule has 1 aromatic carbocycles. The van der Waals surface area contributed by atoms with Crippen LogP contribution in [0.15, 0.2) is 24.3 Å². The van der Waals surface area contributed by atoms with Gasteiger partial charge in [-0.3, -0.25) is 14.4 Å². The zero-order valence-corrected chi connectivity index (χ0v) is 16.5. The highest BCUT2D eigenvalue weighted by Gasteiger charge is 2.31. The maximum Gasteiger partial charge on any atom is 0.263 e. The molecule has 1 aliphatic rings. The molecule has 144 valence electrons. The number of nitrogens with zero attached hydrogens (tertiary/aromatic N) is 2. The van der Waals surface area contributed by atoms with E-state index in [0.717, 1.165) is 15.6 Å². The summed E-state index contributed by atoms with van der Waals surface area (Å²) in [6.45, 7) is 2.55. The van der Waals surface area contributed by atoms with Crippen molar-refractivity contribution in [3.8, 4) is 0 Å².